The summed E-state index contributed by atoms with van der Waals surface area (Å²) in [5.41, 5.74) is 11.7. The molecule has 4 saturated heterocycles. The van der Waals surface area contributed by atoms with Crippen molar-refractivity contribution in [2.75, 3.05) is 81.0 Å². The highest BCUT2D eigenvalue weighted by Crippen LogP contribution is 2.31. The molecule has 0 unspecified atom stereocenters. The smallest absolute Gasteiger partial charge is 0.410 e. The molecule has 364 valence electrons. The van der Waals surface area contributed by atoms with Crippen LogP contribution in [0.1, 0.15) is 116 Å². The van der Waals surface area contributed by atoms with Crippen LogP contribution in [0.4, 0.5) is 27.0 Å². The summed E-state index contributed by atoms with van der Waals surface area (Å²) in [5, 5.41) is 7.65. The first-order valence-electron chi connectivity index (χ1n) is 23.8. The molecule has 0 aromatic carbocycles. The first-order chi connectivity index (χ1) is 31.3. The van der Waals surface area contributed by atoms with E-state index in [1.54, 1.807) is 6.07 Å². The van der Waals surface area contributed by atoms with E-state index in [2.05, 4.69) is 65.1 Å². The Bertz CT molecular complexity index is 2100. The lowest BCUT2D eigenvalue weighted by atomic mass is 9.98. The van der Waals surface area contributed by atoms with Gasteiger partial charge >= 0.3 is 18.2 Å². The number of aryl methyl sites for hydroxylation is 2. The summed E-state index contributed by atoms with van der Waals surface area (Å²) < 4.78 is 16.4. The van der Waals surface area contributed by atoms with Gasteiger partial charge in [0.1, 0.15) is 22.6 Å². The van der Waals surface area contributed by atoms with Gasteiger partial charge in [-0.1, -0.05) is 18.9 Å². The Hall–Kier alpha value is -5.27. The van der Waals surface area contributed by atoms with E-state index in [9.17, 15) is 14.4 Å². The number of hydrazine groups is 1. The van der Waals surface area contributed by atoms with Crippen LogP contribution in [0.5, 0.6) is 0 Å². The first-order valence-corrected chi connectivity index (χ1v) is 23.8. The maximum atomic E-state index is 12.4. The normalized spacial score (nSPS) is 20.7. The van der Waals surface area contributed by atoms with Crippen LogP contribution in [0.15, 0.2) is 28.7 Å². The first kappa shape index (κ1) is 50.1. The van der Waals surface area contributed by atoms with Gasteiger partial charge in [0.25, 0.3) is 11.8 Å². The highest BCUT2D eigenvalue weighted by atomic mass is 16.6. The SMILES string of the molecule is CC[C@H]1CN(c2ccc(-c3nnc(N)o3)nc2C)CCN1C1CCN(C(=O)OC(C)(C)C)CC1.CC[C@H]1CN(c2ccc(C(=O)NN)nc2C)CCN1C1CCN(C(=O)OC(C)(C)C)CC1. The number of amides is 3. The summed E-state index contributed by atoms with van der Waals surface area (Å²) in [6.07, 6.45) is 5.65. The van der Waals surface area contributed by atoms with E-state index < -0.39 is 11.2 Å². The third kappa shape index (κ3) is 12.8. The molecule has 3 amide bonds. The summed E-state index contributed by atoms with van der Waals surface area (Å²) >= 11 is 0. The number of carbonyl (C=O) groups excluding carboxylic acids is 3. The molecular weight excluding hydrogens is 843 g/mol. The molecule has 5 N–H and O–H groups in total. The molecule has 4 aliphatic heterocycles. The maximum Gasteiger partial charge on any atom is 0.410 e. The van der Waals surface area contributed by atoms with Gasteiger partial charge in [-0.25, -0.2) is 25.4 Å². The molecule has 2 atom stereocenters. The standard InChI is InChI=1S/C24H37N7O3.C23H38N6O3/c1-6-17-15-30(20-8-7-19(26-16(20)2)21-27-28-22(25)33-21)13-14-31(17)18-9-11-29(12-10-18)23(32)34-24(3,4)5;1-6-17-15-28(20-8-7-19(21(30)26-24)25-16(20)2)13-14-29(17)18-9-11-27(12-10-18)22(31)32-23(3,4)5/h7-8,17-18H,6,9-15H2,1-5H3,(H2,25,28);7-8,17-18H,6,9-15,24H2,1-5H3,(H,26,30)/t2*17-/m00/s1. The van der Waals surface area contributed by atoms with Crippen LogP contribution in [0, 0.1) is 13.8 Å². The van der Waals surface area contributed by atoms with Gasteiger partial charge in [0.05, 0.1) is 22.8 Å². The Kier molecular flexibility index (Phi) is 16.4. The lowest BCUT2D eigenvalue weighted by Gasteiger charge is -2.48. The van der Waals surface area contributed by atoms with Crippen LogP contribution in [0.3, 0.4) is 0 Å². The predicted molar refractivity (Wildman–Crippen MR) is 255 cm³/mol. The number of pyridine rings is 2. The number of hydrogen-bond acceptors (Lipinski definition) is 16. The van der Waals surface area contributed by atoms with Crippen molar-refractivity contribution in [1.82, 2.24) is 45.2 Å². The van der Waals surface area contributed by atoms with Gasteiger partial charge < -0.3 is 39.2 Å². The van der Waals surface area contributed by atoms with Crippen molar-refractivity contribution in [1.29, 1.82) is 0 Å². The van der Waals surface area contributed by atoms with E-state index in [-0.39, 0.29) is 24.1 Å². The molecule has 3 aromatic rings. The number of likely N-dealkylation sites (tertiary alicyclic amines) is 2. The van der Waals surface area contributed by atoms with Gasteiger partial charge in [0, 0.05) is 89.6 Å². The molecule has 7 heterocycles. The Balaban J connectivity index is 0.000000219. The van der Waals surface area contributed by atoms with Gasteiger partial charge in [0.15, 0.2) is 0 Å². The fourth-order valence-electron chi connectivity index (χ4n) is 9.71. The second kappa shape index (κ2) is 21.6. The van der Waals surface area contributed by atoms with Crippen LogP contribution in [0.25, 0.3) is 11.6 Å². The molecule has 66 heavy (non-hydrogen) atoms. The predicted octanol–water partition coefficient (Wildman–Crippen LogP) is 5.62. The number of piperidine rings is 2. The summed E-state index contributed by atoms with van der Waals surface area (Å²) in [6, 6.07) is 9.60. The molecule has 0 radical (unpaired) electrons. The van der Waals surface area contributed by atoms with Gasteiger partial charge in [-0.2, -0.15) is 0 Å². The maximum absolute atomic E-state index is 12.4. The fourth-order valence-corrected chi connectivity index (χ4v) is 9.71. The zero-order valence-corrected chi connectivity index (χ0v) is 41.0. The number of nitrogens with one attached hydrogen (secondary N) is 1. The van der Waals surface area contributed by atoms with Crippen molar-refractivity contribution in [2.45, 2.75) is 143 Å². The lowest BCUT2D eigenvalue weighted by molar-refractivity contribution is 0.00850. The molecule has 0 saturated carbocycles. The average molecular weight is 918 g/mol. The zero-order valence-electron chi connectivity index (χ0n) is 41.0. The molecule has 7 rings (SSSR count). The van der Waals surface area contributed by atoms with Crippen LogP contribution in [0.2, 0.25) is 0 Å². The lowest BCUT2D eigenvalue weighted by Crippen LogP contribution is -2.59. The molecule has 0 aliphatic carbocycles. The van der Waals surface area contributed by atoms with Crippen molar-refractivity contribution in [3.63, 3.8) is 0 Å². The molecule has 0 spiro atoms. The molecule has 4 fully saturated rings. The topological polar surface area (TPSA) is 218 Å². The van der Waals surface area contributed by atoms with E-state index in [1.807, 2.05) is 77.3 Å². The number of aromatic nitrogens is 4. The Morgan fingerprint density at radius 2 is 1.14 bits per heavy atom. The van der Waals surface area contributed by atoms with E-state index in [1.165, 1.54) is 0 Å². The van der Waals surface area contributed by atoms with Crippen molar-refractivity contribution >= 4 is 35.5 Å². The van der Waals surface area contributed by atoms with Gasteiger partial charge in [-0.15, -0.1) is 5.10 Å². The zero-order chi connectivity index (χ0) is 47.9. The highest BCUT2D eigenvalue weighted by Gasteiger charge is 2.37. The largest absolute Gasteiger partial charge is 0.444 e. The monoisotopic (exact) mass is 918 g/mol. The van der Waals surface area contributed by atoms with Gasteiger partial charge in [0.2, 0.25) is 0 Å². The molecule has 3 aromatic heterocycles. The van der Waals surface area contributed by atoms with Gasteiger partial charge in [-0.3, -0.25) is 20.0 Å². The number of nitrogen functional groups attached to an aromatic ring is 2. The minimum Gasteiger partial charge on any atom is -0.444 e. The van der Waals surface area contributed by atoms with Crippen LogP contribution in [-0.2, 0) is 9.47 Å². The molecule has 4 aliphatic rings. The van der Waals surface area contributed by atoms with Crippen molar-refractivity contribution < 1.29 is 28.3 Å². The van der Waals surface area contributed by atoms with E-state index in [0.29, 0.717) is 41.4 Å². The summed E-state index contributed by atoms with van der Waals surface area (Å²) in [7, 11) is 0. The molecule has 19 heteroatoms. The number of nitrogens with zero attached hydrogens (tertiary/aromatic N) is 10. The fraction of sp³-hybridized carbons (Fsp3) is 0.681. The number of carbonyl (C=O) groups is 3. The van der Waals surface area contributed by atoms with Gasteiger partial charge in [-0.05, 0) is 118 Å². The summed E-state index contributed by atoms with van der Waals surface area (Å²) in [6.45, 7) is 28.6. The number of ether oxygens (including phenoxy) is 2. The second-order valence-corrected chi connectivity index (χ2v) is 19.9. The average Bonchev–Trinajstić information content (AvgIpc) is 3.73. The number of rotatable bonds is 8. The number of anilines is 3. The number of nitrogens with two attached hydrogens (primary N) is 2. The third-order valence-corrected chi connectivity index (χ3v) is 13.0. The van der Waals surface area contributed by atoms with E-state index in [0.717, 1.165) is 127 Å². The Morgan fingerprint density at radius 1 is 0.682 bits per heavy atom. The Morgan fingerprint density at radius 3 is 1.52 bits per heavy atom. The second-order valence-electron chi connectivity index (χ2n) is 19.9. The van der Waals surface area contributed by atoms with Crippen molar-refractivity contribution in [3.8, 4) is 11.6 Å². The number of piperazine rings is 2. The van der Waals surface area contributed by atoms with Crippen molar-refractivity contribution in [3.05, 3.63) is 41.3 Å². The minimum absolute atomic E-state index is 0.0392. The van der Waals surface area contributed by atoms with Crippen LogP contribution < -0.4 is 26.8 Å². The molecular formula is C47H75N13O6. The summed E-state index contributed by atoms with van der Waals surface area (Å²) in [4.78, 5) is 59.4. The van der Waals surface area contributed by atoms with E-state index >= 15 is 0 Å². The van der Waals surface area contributed by atoms with Crippen molar-refractivity contribution in [2.24, 2.45) is 5.84 Å². The van der Waals surface area contributed by atoms with E-state index in [4.69, 9.17) is 25.5 Å². The quantitative estimate of drug-likeness (QED) is 0.142. The third-order valence-electron chi connectivity index (χ3n) is 13.0. The summed E-state index contributed by atoms with van der Waals surface area (Å²) in [5.74, 6) is 5.18. The Labute approximate surface area is 390 Å². The molecule has 0 bridgehead atoms. The highest BCUT2D eigenvalue weighted by molar-refractivity contribution is 5.92. The molecule has 19 nitrogen and oxygen atoms in total. The minimum atomic E-state index is -0.461. The van der Waals surface area contributed by atoms with Crippen LogP contribution >= 0.6 is 0 Å². The number of hydrogen-bond donors (Lipinski definition) is 3. The van der Waals surface area contributed by atoms with Crippen LogP contribution in [-0.4, -0.2) is 159 Å².